The Hall–Kier alpha value is -4.99. The lowest BCUT2D eigenvalue weighted by molar-refractivity contribution is -0.137. The zero-order valence-corrected chi connectivity index (χ0v) is 24.7. The molecule has 0 saturated carbocycles. The second-order valence-corrected chi connectivity index (χ2v) is 10.6. The molecule has 0 spiro atoms. The summed E-state index contributed by atoms with van der Waals surface area (Å²) in [5, 5.41) is 0. The Morgan fingerprint density at radius 3 is 1.82 bits per heavy atom. The van der Waals surface area contributed by atoms with E-state index in [1.807, 2.05) is 19.1 Å². The minimum atomic E-state index is -4.75. The van der Waals surface area contributed by atoms with Crippen LogP contribution in [0.5, 0.6) is 0 Å². The summed E-state index contributed by atoms with van der Waals surface area (Å²) in [6, 6.07) is 20.7. The van der Waals surface area contributed by atoms with Gasteiger partial charge in [0.15, 0.2) is 29.0 Å². The normalized spacial score (nSPS) is 11.2. The van der Waals surface area contributed by atoms with Crippen molar-refractivity contribution in [2.75, 3.05) is 11.9 Å². The topological polar surface area (TPSA) is 84.4 Å². The number of carbonyl (C=O) groups is 4. The zero-order valence-electron chi connectivity index (χ0n) is 24.7. The van der Waals surface area contributed by atoms with E-state index in [1.165, 1.54) is 12.1 Å². The Bertz CT molecular complexity index is 1750. The van der Waals surface area contributed by atoms with Crippen molar-refractivity contribution in [1.29, 1.82) is 0 Å². The average molecular weight is 619 g/mol. The van der Waals surface area contributed by atoms with Crippen LogP contribution in [0.25, 0.3) is 0 Å². The van der Waals surface area contributed by atoms with E-state index in [2.05, 4.69) is 4.98 Å². The Morgan fingerprint density at radius 2 is 1.18 bits per heavy atom. The first-order valence-electron chi connectivity index (χ1n) is 14.2. The largest absolute Gasteiger partial charge is 0.417 e. The van der Waals surface area contributed by atoms with Crippen LogP contribution in [0.2, 0.25) is 0 Å². The van der Waals surface area contributed by atoms with Crippen LogP contribution in [0, 0.1) is 12.7 Å². The highest BCUT2D eigenvalue weighted by Gasteiger charge is 2.34. The van der Waals surface area contributed by atoms with E-state index in [0.29, 0.717) is 16.7 Å². The number of rotatable bonds is 13. The maximum atomic E-state index is 14.6. The molecule has 0 aliphatic heterocycles. The molecule has 0 bridgehead atoms. The Labute approximate surface area is 257 Å². The van der Waals surface area contributed by atoms with Gasteiger partial charge in [0, 0.05) is 56.0 Å². The molecule has 4 rings (SSSR count). The predicted molar refractivity (Wildman–Crippen MR) is 161 cm³/mol. The molecule has 0 radical (unpaired) electrons. The fourth-order valence-corrected chi connectivity index (χ4v) is 4.94. The van der Waals surface area contributed by atoms with E-state index in [9.17, 15) is 36.7 Å². The third-order valence-electron chi connectivity index (χ3n) is 7.35. The molecule has 45 heavy (non-hydrogen) atoms. The lowest BCUT2D eigenvalue weighted by Gasteiger charge is -2.20. The second kappa shape index (κ2) is 14.2. The van der Waals surface area contributed by atoms with Crippen molar-refractivity contribution in [3.8, 4) is 0 Å². The van der Waals surface area contributed by atoms with E-state index >= 15 is 0 Å². The van der Waals surface area contributed by atoms with E-state index in [-0.39, 0.29) is 36.8 Å². The predicted octanol–water partition coefficient (Wildman–Crippen LogP) is 7.88. The quantitative estimate of drug-likeness (QED) is 0.112. The summed E-state index contributed by atoms with van der Waals surface area (Å²) in [6.07, 6.45) is -5.79. The van der Waals surface area contributed by atoms with Gasteiger partial charge in [0.2, 0.25) is 0 Å². The maximum absolute atomic E-state index is 14.6. The van der Waals surface area contributed by atoms with Gasteiger partial charge < -0.3 is 4.90 Å². The molecule has 10 heteroatoms. The van der Waals surface area contributed by atoms with E-state index in [4.69, 9.17) is 0 Å². The molecular formula is C35H30F4N2O4. The average Bonchev–Trinajstić information content (AvgIpc) is 3.02. The number of halogens is 4. The van der Waals surface area contributed by atoms with Crippen LogP contribution in [0.1, 0.15) is 83.9 Å². The van der Waals surface area contributed by atoms with Crippen LogP contribution in [-0.4, -0.2) is 35.2 Å². The highest BCUT2D eigenvalue weighted by atomic mass is 19.4. The fourth-order valence-electron chi connectivity index (χ4n) is 4.94. The first kappa shape index (κ1) is 32.9. The van der Waals surface area contributed by atoms with Crippen LogP contribution < -0.4 is 4.90 Å². The molecule has 4 aromatic rings. The summed E-state index contributed by atoms with van der Waals surface area (Å²) in [5.74, 6) is -2.82. The van der Waals surface area contributed by atoms with Gasteiger partial charge in [0.25, 0.3) is 0 Å². The second-order valence-electron chi connectivity index (χ2n) is 10.6. The van der Waals surface area contributed by atoms with Gasteiger partial charge in [-0.15, -0.1) is 0 Å². The smallest absolute Gasteiger partial charge is 0.355 e. The van der Waals surface area contributed by atoms with Crippen molar-refractivity contribution in [2.45, 2.75) is 45.3 Å². The molecule has 0 aliphatic rings. The van der Waals surface area contributed by atoms with Crippen LogP contribution >= 0.6 is 0 Å². The highest BCUT2D eigenvalue weighted by Crippen LogP contribution is 2.32. The number of Topliss-reactive ketones (excluding diaryl/α,β-unsaturated/α-hetero) is 4. The molecule has 0 saturated heterocycles. The Balaban J connectivity index is 1.43. The summed E-state index contributed by atoms with van der Waals surface area (Å²) >= 11 is 0. The number of benzene rings is 3. The van der Waals surface area contributed by atoms with Crippen LogP contribution in [0.15, 0.2) is 84.9 Å². The van der Waals surface area contributed by atoms with Crippen LogP contribution in [0.4, 0.5) is 23.4 Å². The van der Waals surface area contributed by atoms with Gasteiger partial charge >= 0.3 is 6.18 Å². The van der Waals surface area contributed by atoms with Gasteiger partial charge in [-0.2, -0.15) is 13.2 Å². The molecule has 0 fully saturated rings. The third kappa shape index (κ3) is 8.14. The number of carbonyl (C=O) groups excluding carboxylic acids is 4. The van der Waals surface area contributed by atoms with Crippen molar-refractivity contribution in [1.82, 2.24) is 4.98 Å². The minimum Gasteiger partial charge on any atom is -0.355 e. The number of hydrogen-bond donors (Lipinski definition) is 0. The van der Waals surface area contributed by atoms with Crippen molar-refractivity contribution in [3.05, 3.63) is 130 Å². The van der Waals surface area contributed by atoms with Crippen molar-refractivity contribution in [2.24, 2.45) is 0 Å². The van der Waals surface area contributed by atoms with Gasteiger partial charge in [-0.3, -0.25) is 19.2 Å². The Morgan fingerprint density at radius 1 is 0.667 bits per heavy atom. The monoisotopic (exact) mass is 618 g/mol. The van der Waals surface area contributed by atoms with E-state index in [0.717, 1.165) is 29.8 Å². The Kier molecular flexibility index (Phi) is 10.4. The van der Waals surface area contributed by atoms with Gasteiger partial charge in [0.1, 0.15) is 11.5 Å². The molecule has 0 atom stereocenters. The van der Waals surface area contributed by atoms with E-state index < -0.39 is 53.2 Å². The number of hydrogen-bond acceptors (Lipinski definition) is 6. The van der Waals surface area contributed by atoms with Gasteiger partial charge in [0.05, 0.1) is 5.56 Å². The summed E-state index contributed by atoms with van der Waals surface area (Å²) in [4.78, 5) is 56.9. The first-order valence-corrected chi connectivity index (χ1v) is 14.2. The maximum Gasteiger partial charge on any atom is 0.417 e. The SMILES string of the molecule is Cc1ccccc1C(=O)CCC(=O)c1ccccc1CN(C)c1ccc(F)c(C(=O)CCC(=O)c2ccccc2C(F)(F)F)n1. The summed E-state index contributed by atoms with van der Waals surface area (Å²) in [6.45, 7) is 1.99. The molecule has 3 aromatic carbocycles. The molecule has 0 unspecified atom stereocenters. The molecule has 0 N–H and O–H groups in total. The number of ketones is 4. The van der Waals surface area contributed by atoms with Crippen molar-refractivity contribution >= 4 is 29.0 Å². The summed E-state index contributed by atoms with van der Waals surface area (Å²) in [5.41, 5.74) is 0.232. The van der Waals surface area contributed by atoms with Crippen molar-refractivity contribution in [3.63, 3.8) is 0 Å². The molecule has 1 heterocycles. The molecule has 0 amide bonds. The number of anilines is 1. The number of aromatic nitrogens is 1. The number of nitrogens with zero attached hydrogens (tertiary/aromatic N) is 2. The standard InChI is InChI=1S/C35H30F4N2O4/c1-22-9-3-5-11-24(22)29(42)16-17-30(43)25-12-6-4-10-23(25)21-41(2)33-20-15-28(36)34(40-33)32(45)19-18-31(44)26-13-7-8-14-27(26)35(37,38)39/h3-15,20H,16-19,21H2,1-2H3. The van der Waals surface area contributed by atoms with Crippen LogP contribution in [0.3, 0.4) is 0 Å². The fraction of sp³-hybridized carbons (Fsp3) is 0.229. The lowest BCUT2D eigenvalue weighted by atomic mass is 9.96. The summed E-state index contributed by atoms with van der Waals surface area (Å²) in [7, 11) is 1.63. The highest BCUT2D eigenvalue weighted by molar-refractivity contribution is 6.04. The molecule has 0 aliphatic carbocycles. The molecular weight excluding hydrogens is 588 g/mol. The number of pyridine rings is 1. The lowest BCUT2D eigenvalue weighted by Crippen LogP contribution is -2.21. The minimum absolute atomic E-state index is 0.00745. The molecule has 1 aromatic heterocycles. The number of aryl methyl sites for hydroxylation is 1. The van der Waals surface area contributed by atoms with E-state index in [1.54, 1.807) is 48.3 Å². The first-order chi connectivity index (χ1) is 21.4. The molecule has 232 valence electrons. The van der Waals surface area contributed by atoms with Crippen LogP contribution in [-0.2, 0) is 12.7 Å². The van der Waals surface area contributed by atoms with Gasteiger partial charge in [-0.1, -0.05) is 66.7 Å². The molecule has 6 nitrogen and oxygen atoms in total. The van der Waals surface area contributed by atoms with Crippen molar-refractivity contribution < 1.29 is 36.7 Å². The number of alkyl halides is 3. The third-order valence-corrected chi connectivity index (χ3v) is 7.35. The zero-order chi connectivity index (χ0) is 32.7. The van der Waals surface area contributed by atoms with Gasteiger partial charge in [-0.25, -0.2) is 9.37 Å². The summed E-state index contributed by atoms with van der Waals surface area (Å²) < 4.78 is 54.5. The van der Waals surface area contributed by atoms with Gasteiger partial charge in [-0.05, 0) is 36.2 Å².